The minimum Gasteiger partial charge on any atom is -0.507 e. The maximum atomic E-state index is 13.6. The van der Waals surface area contributed by atoms with Gasteiger partial charge in [0.2, 0.25) is 0 Å². The van der Waals surface area contributed by atoms with Crippen LogP contribution in [0.4, 0.5) is 13.2 Å². The van der Waals surface area contributed by atoms with E-state index in [0.717, 1.165) is 44.2 Å². The molecule has 0 saturated heterocycles. The van der Waals surface area contributed by atoms with Gasteiger partial charge in [0, 0.05) is 0 Å². The van der Waals surface area contributed by atoms with Crippen molar-refractivity contribution in [1.82, 2.24) is 0 Å². The molecule has 0 heterocycles. The lowest BCUT2D eigenvalue weighted by atomic mass is 9.90. The van der Waals surface area contributed by atoms with Crippen LogP contribution in [0.2, 0.25) is 0 Å². The summed E-state index contributed by atoms with van der Waals surface area (Å²) >= 11 is 0. The van der Waals surface area contributed by atoms with Crippen LogP contribution in [-0.4, -0.2) is 22.8 Å². The Morgan fingerprint density at radius 1 is 1.24 bits per heavy atom. The van der Waals surface area contributed by atoms with Crippen LogP contribution in [-0.2, 0) is 11.0 Å². The summed E-state index contributed by atoms with van der Waals surface area (Å²) in [5, 5.41) is 18.9. The maximum absolute atomic E-state index is 13.6. The zero-order valence-corrected chi connectivity index (χ0v) is 16.3. The van der Waals surface area contributed by atoms with Crippen molar-refractivity contribution in [1.29, 1.82) is 0 Å². The molecule has 158 valence electrons. The lowest BCUT2D eigenvalue weighted by Gasteiger charge is -2.23. The highest BCUT2D eigenvalue weighted by Gasteiger charge is 2.35. The number of allylic oxidation sites excluding steroid dienone is 3. The van der Waals surface area contributed by atoms with E-state index in [0.29, 0.717) is 0 Å². The van der Waals surface area contributed by atoms with Crippen LogP contribution in [0.25, 0.3) is 5.57 Å². The zero-order valence-electron chi connectivity index (χ0n) is 16.3. The highest BCUT2D eigenvalue weighted by Crippen LogP contribution is 2.38. The normalized spacial score (nSPS) is 16.6. The first-order valence-corrected chi connectivity index (χ1v) is 9.47. The van der Waals surface area contributed by atoms with Crippen molar-refractivity contribution < 1.29 is 32.9 Å². The van der Waals surface area contributed by atoms with Crippen molar-refractivity contribution in [3.63, 3.8) is 0 Å². The molecular formula is C22H25F3O4. The van der Waals surface area contributed by atoms with Crippen LogP contribution in [0.3, 0.4) is 0 Å². The van der Waals surface area contributed by atoms with Gasteiger partial charge in [0.05, 0.1) is 12.2 Å². The number of aliphatic hydroxyl groups excluding tert-OH is 1. The number of benzene rings is 1. The number of alkyl halides is 3. The second kappa shape index (κ2) is 9.67. The fourth-order valence-electron chi connectivity index (χ4n) is 3.30. The average Bonchev–Trinajstić information content (AvgIpc) is 2.69. The fourth-order valence-corrected chi connectivity index (χ4v) is 3.30. The second-order valence-electron chi connectivity index (χ2n) is 7.09. The van der Waals surface area contributed by atoms with Gasteiger partial charge in [0.1, 0.15) is 17.1 Å². The van der Waals surface area contributed by atoms with Gasteiger partial charge in [-0.3, -0.25) is 0 Å². The van der Waals surface area contributed by atoms with E-state index in [1.54, 1.807) is 0 Å². The number of carboxylic acid groups (broad SMARTS) is 1. The first-order chi connectivity index (χ1) is 13.6. The van der Waals surface area contributed by atoms with Crippen LogP contribution in [0.1, 0.15) is 50.2 Å². The third-order valence-electron chi connectivity index (χ3n) is 4.95. The van der Waals surface area contributed by atoms with Gasteiger partial charge < -0.3 is 14.9 Å². The minimum absolute atomic E-state index is 0.0279. The van der Waals surface area contributed by atoms with Crippen molar-refractivity contribution in [2.45, 2.75) is 45.2 Å². The molecule has 7 heteroatoms. The molecule has 4 nitrogen and oxygen atoms in total. The van der Waals surface area contributed by atoms with Gasteiger partial charge in [-0.05, 0) is 61.1 Å². The van der Waals surface area contributed by atoms with Gasteiger partial charge in [-0.15, -0.1) is 0 Å². The first-order valence-electron chi connectivity index (χ1n) is 9.47. The Hall–Kier alpha value is -2.70. The van der Waals surface area contributed by atoms with Gasteiger partial charge in [-0.25, -0.2) is 4.79 Å². The summed E-state index contributed by atoms with van der Waals surface area (Å²) in [5.41, 5.74) is -1.28. The Morgan fingerprint density at radius 2 is 1.90 bits per heavy atom. The maximum Gasteiger partial charge on any atom is 0.419 e. The number of ether oxygens (including phenoxy) is 1. The molecule has 1 aromatic rings. The zero-order chi connectivity index (χ0) is 21.6. The monoisotopic (exact) mass is 410 g/mol. The van der Waals surface area contributed by atoms with Crippen LogP contribution < -0.4 is 4.74 Å². The minimum atomic E-state index is -4.64. The van der Waals surface area contributed by atoms with Crippen LogP contribution in [0.15, 0.2) is 48.3 Å². The molecule has 29 heavy (non-hydrogen) atoms. The molecule has 1 aliphatic rings. The number of hydrogen-bond acceptors (Lipinski definition) is 3. The lowest BCUT2D eigenvalue weighted by molar-refractivity contribution is -0.139. The van der Waals surface area contributed by atoms with E-state index >= 15 is 0 Å². The first kappa shape index (κ1) is 22.6. The summed E-state index contributed by atoms with van der Waals surface area (Å²) in [6.07, 6.45) is 2.76. The summed E-state index contributed by atoms with van der Waals surface area (Å²) in [6.45, 7) is 5.33. The molecule has 1 saturated carbocycles. The van der Waals surface area contributed by atoms with Crippen molar-refractivity contribution in [3.8, 4) is 5.75 Å². The van der Waals surface area contributed by atoms with Gasteiger partial charge in [0.15, 0.2) is 0 Å². The smallest absolute Gasteiger partial charge is 0.419 e. The third-order valence-corrected chi connectivity index (χ3v) is 4.95. The SMILES string of the molecule is C=C(/C=C(C(=O)O)\C(O)=C/C)c1ccc(OCC2CCCCC2)c(C(F)(F)F)c1. The van der Waals surface area contributed by atoms with Crippen molar-refractivity contribution in [3.05, 3.63) is 59.4 Å². The molecule has 0 unspecified atom stereocenters. The standard InChI is InChI=1S/C22H25F3O4/c1-3-19(26)17(21(27)28)11-14(2)16-9-10-20(18(12-16)22(23,24)25)29-13-15-7-5-4-6-8-15/h3,9-12,15,26H,2,4-8,13H2,1H3,(H,27,28)/b17-11+,19-3+. The van der Waals surface area contributed by atoms with E-state index in [2.05, 4.69) is 6.58 Å². The number of halogens is 3. The average molecular weight is 410 g/mol. The van der Waals surface area contributed by atoms with Crippen molar-refractivity contribution >= 4 is 11.5 Å². The molecule has 0 radical (unpaired) electrons. The van der Waals surface area contributed by atoms with Gasteiger partial charge >= 0.3 is 12.1 Å². The number of hydrogen-bond donors (Lipinski definition) is 2. The Morgan fingerprint density at radius 3 is 2.45 bits per heavy atom. The Bertz CT molecular complexity index is 816. The van der Waals surface area contributed by atoms with E-state index in [1.165, 1.54) is 25.1 Å². The predicted molar refractivity (Wildman–Crippen MR) is 105 cm³/mol. The summed E-state index contributed by atoms with van der Waals surface area (Å²) in [5.74, 6) is -1.91. The van der Waals surface area contributed by atoms with Gasteiger partial charge in [0.25, 0.3) is 0 Å². The number of rotatable bonds is 7. The molecular weight excluding hydrogens is 385 g/mol. The molecule has 0 amide bonds. The summed E-state index contributed by atoms with van der Waals surface area (Å²) in [7, 11) is 0. The molecule has 2 rings (SSSR count). The molecule has 2 N–H and O–H groups in total. The topological polar surface area (TPSA) is 66.8 Å². The van der Waals surface area contributed by atoms with Crippen molar-refractivity contribution in [2.75, 3.05) is 6.61 Å². The molecule has 0 spiro atoms. The largest absolute Gasteiger partial charge is 0.507 e. The van der Waals surface area contributed by atoms with Gasteiger partial charge in [-0.2, -0.15) is 13.2 Å². The second-order valence-corrected chi connectivity index (χ2v) is 7.09. The van der Waals surface area contributed by atoms with E-state index in [-0.39, 0.29) is 29.4 Å². The Kier molecular flexibility index (Phi) is 7.53. The summed E-state index contributed by atoms with van der Waals surface area (Å²) in [4.78, 5) is 11.3. The van der Waals surface area contributed by atoms with Crippen LogP contribution in [0, 0.1) is 5.92 Å². The molecule has 0 aromatic heterocycles. The molecule has 0 atom stereocenters. The summed E-state index contributed by atoms with van der Waals surface area (Å²) < 4.78 is 46.2. The summed E-state index contributed by atoms with van der Waals surface area (Å²) in [6, 6.07) is 3.52. The van der Waals surface area contributed by atoms with Crippen LogP contribution >= 0.6 is 0 Å². The molecule has 1 aromatic carbocycles. The predicted octanol–water partition coefficient (Wildman–Crippen LogP) is 6.15. The van der Waals surface area contributed by atoms with E-state index in [4.69, 9.17) is 4.74 Å². The quantitative estimate of drug-likeness (QED) is 0.321. The number of aliphatic carboxylic acids is 1. The highest BCUT2D eigenvalue weighted by atomic mass is 19.4. The van der Waals surface area contributed by atoms with E-state index in [9.17, 15) is 28.2 Å². The molecule has 1 aliphatic carbocycles. The number of carboxylic acids is 1. The Labute approximate surface area is 168 Å². The van der Waals surface area contributed by atoms with Gasteiger partial charge in [-0.1, -0.05) is 31.9 Å². The number of aliphatic hydroxyl groups is 1. The lowest BCUT2D eigenvalue weighted by Crippen LogP contribution is -2.17. The Balaban J connectivity index is 2.30. The third kappa shape index (κ3) is 6.14. The molecule has 1 fully saturated rings. The van der Waals surface area contributed by atoms with Crippen LogP contribution in [0.5, 0.6) is 5.75 Å². The highest BCUT2D eigenvalue weighted by molar-refractivity contribution is 5.94. The molecule has 0 aliphatic heterocycles. The number of carbonyl (C=O) groups is 1. The fraction of sp³-hybridized carbons (Fsp3) is 0.409. The molecule has 0 bridgehead atoms. The van der Waals surface area contributed by atoms with E-state index in [1.807, 2.05) is 0 Å². The van der Waals surface area contributed by atoms with Crippen molar-refractivity contribution in [2.24, 2.45) is 5.92 Å². The van der Waals surface area contributed by atoms with E-state index < -0.39 is 29.0 Å².